The van der Waals surface area contributed by atoms with Crippen LogP contribution in [0.1, 0.15) is 22.3 Å². The van der Waals surface area contributed by atoms with Crippen molar-refractivity contribution in [1.29, 1.82) is 0 Å². The maximum absolute atomic E-state index is 12.9. The lowest BCUT2D eigenvalue weighted by atomic mass is 10.1. The Morgan fingerprint density at radius 3 is 2.50 bits per heavy atom. The van der Waals surface area contributed by atoms with Crippen LogP contribution in [0.3, 0.4) is 0 Å². The van der Waals surface area contributed by atoms with Gasteiger partial charge in [0.15, 0.2) is 6.10 Å². The Bertz CT molecular complexity index is 1120. The zero-order chi connectivity index (χ0) is 24.6. The number of fused-ring (bicyclic) bond motifs is 1. The lowest BCUT2D eigenvalue weighted by molar-refractivity contribution is -0.129. The highest BCUT2D eigenvalue weighted by Gasteiger charge is 2.36. The van der Waals surface area contributed by atoms with Gasteiger partial charge in [-0.05, 0) is 53.7 Å². The fourth-order valence-electron chi connectivity index (χ4n) is 3.85. The van der Waals surface area contributed by atoms with Gasteiger partial charge >= 0.3 is 5.51 Å². The maximum Gasteiger partial charge on any atom is 0.446 e. The summed E-state index contributed by atoms with van der Waals surface area (Å²) in [6.07, 6.45) is -0.383. The van der Waals surface area contributed by atoms with E-state index in [-0.39, 0.29) is 40.9 Å². The molecule has 2 aliphatic rings. The van der Waals surface area contributed by atoms with Gasteiger partial charge in [0.1, 0.15) is 12.3 Å². The number of hydrogen-bond donors (Lipinski definition) is 0. The highest BCUT2D eigenvalue weighted by atomic mass is 32.2. The number of carbonyl (C=O) groups excluding carboxylic acids is 3. The Labute approximate surface area is 198 Å². The molecule has 0 aliphatic carbocycles. The molecule has 0 spiro atoms. The van der Waals surface area contributed by atoms with Crippen molar-refractivity contribution in [3.8, 4) is 5.75 Å². The van der Waals surface area contributed by atoms with Crippen LogP contribution in [0.15, 0.2) is 47.4 Å². The van der Waals surface area contributed by atoms with Crippen molar-refractivity contribution in [1.82, 2.24) is 9.80 Å². The third kappa shape index (κ3) is 5.14. The Balaban J connectivity index is 1.41. The molecule has 0 aromatic heterocycles. The standard InChI is InChI=1S/C23H22F3N3O4S/c1-27(2)20(30)13-28-12-14-3-4-15(11-18(14)21(28)31)29-10-9-19(22(29)32)33-16-5-7-17(8-6-16)34-23(24,25)26/h3-8,11,19H,9-10,12-13H2,1-2H3. The van der Waals surface area contributed by atoms with Crippen molar-refractivity contribution in [2.75, 3.05) is 32.1 Å². The molecule has 4 rings (SSSR count). The molecule has 34 heavy (non-hydrogen) atoms. The van der Waals surface area contributed by atoms with E-state index in [0.717, 1.165) is 5.56 Å². The highest BCUT2D eigenvalue weighted by Crippen LogP contribution is 2.37. The molecule has 2 aliphatic heterocycles. The molecule has 0 bridgehead atoms. The van der Waals surface area contributed by atoms with Gasteiger partial charge in [0, 0.05) is 49.8 Å². The smallest absolute Gasteiger partial charge is 0.446 e. The Kier molecular flexibility index (Phi) is 6.48. The molecule has 0 saturated carbocycles. The number of carbonyl (C=O) groups is 3. The van der Waals surface area contributed by atoms with Gasteiger partial charge in [0.05, 0.1) is 0 Å². The molecular formula is C23H22F3N3O4S. The van der Waals surface area contributed by atoms with E-state index in [4.69, 9.17) is 4.74 Å². The summed E-state index contributed by atoms with van der Waals surface area (Å²) in [4.78, 5) is 42.2. The molecule has 7 nitrogen and oxygen atoms in total. The van der Waals surface area contributed by atoms with Gasteiger partial charge in [0.2, 0.25) is 5.91 Å². The number of hydrogen-bond acceptors (Lipinski definition) is 5. The Hall–Kier alpha value is -3.21. The lowest BCUT2D eigenvalue weighted by Gasteiger charge is -2.18. The number of likely N-dealkylation sites (N-methyl/N-ethyl adjacent to an activating group) is 1. The number of nitrogens with zero attached hydrogens (tertiary/aromatic N) is 3. The highest BCUT2D eigenvalue weighted by molar-refractivity contribution is 8.00. The summed E-state index contributed by atoms with van der Waals surface area (Å²) in [6.45, 7) is 0.687. The van der Waals surface area contributed by atoms with Gasteiger partial charge in [-0.3, -0.25) is 14.4 Å². The first-order chi connectivity index (χ1) is 16.0. The van der Waals surface area contributed by atoms with Crippen LogP contribution in [-0.4, -0.2) is 66.3 Å². The van der Waals surface area contributed by atoms with Crippen molar-refractivity contribution in [3.63, 3.8) is 0 Å². The number of rotatable bonds is 6. The van der Waals surface area contributed by atoms with Gasteiger partial charge in [-0.25, -0.2) is 0 Å². The molecule has 2 aromatic carbocycles. The summed E-state index contributed by atoms with van der Waals surface area (Å²) in [7, 11) is 3.25. The van der Waals surface area contributed by atoms with Gasteiger partial charge in [-0.15, -0.1) is 0 Å². The molecule has 1 saturated heterocycles. The minimum atomic E-state index is -4.37. The second-order valence-corrected chi connectivity index (χ2v) is 9.33. The van der Waals surface area contributed by atoms with Crippen LogP contribution in [0.5, 0.6) is 5.75 Å². The first-order valence-electron chi connectivity index (χ1n) is 10.5. The first-order valence-corrected chi connectivity index (χ1v) is 11.3. The van der Waals surface area contributed by atoms with E-state index in [1.807, 2.05) is 0 Å². The fourth-order valence-corrected chi connectivity index (χ4v) is 4.39. The number of ether oxygens (including phenoxy) is 1. The number of alkyl halides is 3. The van der Waals surface area contributed by atoms with Crippen molar-refractivity contribution in [3.05, 3.63) is 53.6 Å². The second kappa shape index (κ2) is 9.21. The van der Waals surface area contributed by atoms with Gasteiger partial charge in [-0.2, -0.15) is 13.2 Å². The predicted molar refractivity (Wildman–Crippen MR) is 120 cm³/mol. The second-order valence-electron chi connectivity index (χ2n) is 8.20. The average Bonchev–Trinajstić information content (AvgIpc) is 3.28. The van der Waals surface area contributed by atoms with E-state index in [1.165, 1.54) is 39.0 Å². The summed E-state index contributed by atoms with van der Waals surface area (Å²) in [5, 5.41) is 0. The van der Waals surface area contributed by atoms with Crippen LogP contribution in [0.2, 0.25) is 0 Å². The molecular weight excluding hydrogens is 471 g/mol. The molecule has 2 aromatic rings. The first kappa shape index (κ1) is 23.9. The van der Waals surface area contributed by atoms with Crippen molar-refractivity contribution in [2.45, 2.75) is 29.5 Å². The zero-order valence-corrected chi connectivity index (χ0v) is 19.3. The lowest BCUT2D eigenvalue weighted by Crippen LogP contribution is -2.36. The molecule has 3 amide bonds. The SMILES string of the molecule is CN(C)C(=O)CN1Cc2ccc(N3CCC(Oc4ccc(SC(F)(F)F)cc4)C3=O)cc2C1=O. The van der Waals surface area contributed by atoms with Gasteiger partial charge < -0.3 is 19.4 Å². The maximum atomic E-state index is 12.9. The van der Waals surface area contributed by atoms with Gasteiger partial charge in [0.25, 0.3) is 11.8 Å². The molecule has 11 heteroatoms. The third-order valence-electron chi connectivity index (χ3n) is 5.60. The predicted octanol–water partition coefficient (Wildman–Crippen LogP) is 3.53. The summed E-state index contributed by atoms with van der Waals surface area (Å²) < 4.78 is 43.2. The van der Waals surface area contributed by atoms with E-state index >= 15 is 0 Å². The van der Waals surface area contributed by atoms with E-state index < -0.39 is 11.6 Å². The number of thioether (sulfide) groups is 1. The summed E-state index contributed by atoms with van der Waals surface area (Å²) >= 11 is -0.218. The molecule has 1 atom stereocenters. The fraction of sp³-hybridized carbons (Fsp3) is 0.348. The quantitative estimate of drug-likeness (QED) is 0.576. The van der Waals surface area contributed by atoms with Crippen molar-refractivity contribution in [2.24, 2.45) is 0 Å². The molecule has 0 radical (unpaired) electrons. The van der Waals surface area contributed by atoms with E-state index in [2.05, 4.69) is 0 Å². The molecule has 0 N–H and O–H groups in total. The summed E-state index contributed by atoms with van der Waals surface area (Å²) in [6, 6.07) is 10.6. The largest absolute Gasteiger partial charge is 0.481 e. The molecule has 1 unspecified atom stereocenters. The van der Waals surface area contributed by atoms with Crippen LogP contribution in [-0.2, 0) is 16.1 Å². The van der Waals surface area contributed by atoms with Crippen molar-refractivity contribution >= 4 is 35.2 Å². The van der Waals surface area contributed by atoms with Crippen LogP contribution >= 0.6 is 11.8 Å². The van der Waals surface area contributed by atoms with Crippen LogP contribution in [0.4, 0.5) is 18.9 Å². The number of anilines is 1. The summed E-state index contributed by atoms with van der Waals surface area (Å²) in [5.41, 5.74) is -2.57. The Morgan fingerprint density at radius 2 is 1.85 bits per heavy atom. The van der Waals surface area contributed by atoms with Crippen LogP contribution < -0.4 is 9.64 Å². The number of halogens is 3. The number of benzene rings is 2. The van der Waals surface area contributed by atoms with E-state index in [9.17, 15) is 27.6 Å². The van der Waals surface area contributed by atoms with Crippen LogP contribution in [0.25, 0.3) is 0 Å². The minimum Gasteiger partial charge on any atom is -0.481 e. The molecule has 1 fully saturated rings. The number of amides is 3. The average molecular weight is 494 g/mol. The molecule has 180 valence electrons. The topological polar surface area (TPSA) is 70.2 Å². The Morgan fingerprint density at radius 1 is 1.15 bits per heavy atom. The third-order valence-corrected chi connectivity index (χ3v) is 6.34. The zero-order valence-electron chi connectivity index (χ0n) is 18.5. The van der Waals surface area contributed by atoms with Crippen LogP contribution in [0, 0.1) is 0 Å². The van der Waals surface area contributed by atoms with E-state index in [1.54, 1.807) is 32.3 Å². The molecule has 2 heterocycles. The normalized spacial score (nSPS) is 17.9. The van der Waals surface area contributed by atoms with Crippen molar-refractivity contribution < 1.29 is 32.3 Å². The minimum absolute atomic E-state index is 0.0192. The van der Waals surface area contributed by atoms with Gasteiger partial charge in [-0.1, -0.05) is 6.07 Å². The summed E-state index contributed by atoms with van der Waals surface area (Å²) in [5.74, 6) is -0.430. The monoisotopic (exact) mass is 493 g/mol. The van der Waals surface area contributed by atoms with E-state index in [0.29, 0.717) is 36.5 Å².